The number of amides is 1. The van der Waals surface area contributed by atoms with Gasteiger partial charge in [-0.1, -0.05) is 24.3 Å². The van der Waals surface area contributed by atoms with Gasteiger partial charge in [0.1, 0.15) is 5.75 Å². The Labute approximate surface area is 180 Å². The van der Waals surface area contributed by atoms with Gasteiger partial charge in [-0.3, -0.25) is 4.79 Å². The average molecular weight is 416 g/mol. The number of anilines is 2. The van der Waals surface area contributed by atoms with E-state index in [0.717, 1.165) is 23.2 Å². The molecule has 0 saturated heterocycles. The van der Waals surface area contributed by atoms with Crippen LogP contribution in [0.4, 0.5) is 11.6 Å². The van der Waals surface area contributed by atoms with Gasteiger partial charge in [0.25, 0.3) is 5.91 Å². The van der Waals surface area contributed by atoms with Gasteiger partial charge in [-0.25, -0.2) is 4.52 Å². The van der Waals surface area contributed by atoms with Crippen molar-refractivity contribution >= 4 is 23.2 Å². The Morgan fingerprint density at radius 3 is 2.68 bits per heavy atom. The highest BCUT2D eigenvalue weighted by Crippen LogP contribution is 2.27. The second-order valence-electron chi connectivity index (χ2n) is 6.98. The van der Waals surface area contributed by atoms with Gasteiger partial charge in [0.05, 0.1) is 12.7 Å². The average Bonchev–Trinajstić information content (AvgIpc) is 3.21. The van der Waals surface area contributed by atoms with Crippen molar-refractivity contribution in [1.29, 1.82) is 0 Å². The minimum absolute atomic E-state index is 0.212. The smallest absolute Gasteiger partial charge is 0.254 e. The maximum atomic E-state index is 12.0. The largest absolute Gasteiger partial charge is 0.496 e. The lowest BCUT2D eigenvalue weighted by atomic mass is 10.0. The Bertz CT molecular complexity index is 1220. The van der Waals surface area contributed by atoms with E-state index in [2.05, 4.69) is 45.0 Å². The fourth-order valence-corrected chi connectivity index (χ4v) is 3.42. The van der Waals surface area contributed by atoms with Gasteiger partial charge >= 0.3 is 0 Å². The molecular formula is C23H24N6O2. The number of aromatic nitrogens is 3. The third-order valence-corrected chi connectivity index (χ3v) is 4.99. The second kappa shape index (κ2) is 8.85. The van der Waals surface area contributed by atoms with Crippen LogP contribution in [0.3, 0.4) is 0 Å². The van der Waals surface area contributed by atoms with Crippen molar-refractivity contribution in [3.63, 3.8) is 0 Å². The molecule has 31 heavy (non-hydrogen) atoms. The number of nitrogens with one attached hydrogen (secondary N) is 2. The molecule has 4 aromatic rings. The van der Waals surface area contributed by atoms with Crippen molar-refractivity contribution in [2.45, 2.75) is 6.42 Å². The standard InChI is InChI=1S/C23H24N6O2/c1-25-22(30)19-10-9-17(14-20(19)31-2)26-23-27-21-18(4-3-13-29(21)28-23)16-7-5-15(6-8-16)11-12-24/h3-10,13-14H,11-12,24H2,1-2H3,(H,25,30)(H,26,28). The SMILES string of the molecule is CNC(=O)c1ccc(Nc2nc3c(-c4ccc(CCN)cc4)cccn3n2)cc1OC. The predicted octanol–water partition coefficient (Wildman–Crippen LogP) is 3.01. The minimum atomic E-state index is -0.212. The first-order valence-electron chi connectivity index (χ1n) is 9.95. The van der Waals surface area contributed by atoms with E-state index in [4.69, 9.17) is 10.5 Å². The summed E-state index contributed by atoms with van der Waals surface area (Å²) in [6.45, 7) is 0.628. The number of ether oxygens (including phenoxy) is 1. The lowest BCUT2D eigenvalue weighted by molar-refractivity contribution is 0.0960. The summed E-state index contributed by atoms with van der Waals surface area (Å²) in [6.07, 6.45) is 2.71. The summed E-state index contributed by atoms with van der Waals surface area (Å²) in [6, 6.07) is 17.5. The third-order valence-electron chi connectivity index (χ3n) is 4.99. The summed E-state index contributed by atoms with van der Waals surface area (Å²) in [5.41, 5.74) is 10.8. The van der Waals surface area contributed by atoms with E-state index in [1.54, 1.807) is 29.8 Å². The number of hydrogen-bond donors (Lipinski definition) is 3. The van der Waals surface area contributed by atoms with Crippen LogP contribution in [0.1, 0.15) is 15.9 Å². The van der Waals surface area contributed by atoms with Gasteiger partial charge in [-0.05, 0) is 48.4 Å². The summed E-state index contributed by atoms with van der Waals surface area (Å²) in [7, 11) is 3.11. The first-order chi connectivity index (χ1) is 15.1. The number of carbonyl (C=O) groups excluding carboxylic acids is 1. The Balaban J connectivity index is 1.64. The van der Waals surface area contributed by atoms with Gasteiger partial charge in [-0.2, -0.15) is 4.98 Å². The fourth-order valence-electron chi connectivity index (χ4n) is 3.42. The van der Waals surface area contributed by atoms with Gasteiger partial charge < -0.3 is 21.1 Å². The molecule has 158 valence electrons. The van der Waals surface area contributed by atoms with Crippen molar-refractivity contribution in [3.8, 4) is 16.9 Å². The highest BCUT2D eigenvalue weighted by Gasteiger charge is 2.13. The topological polar surface area (TPSA) is 107 Å². The van der Waals surface area contributed by atoms with E-state index < -0.39 is 0 Å². The number of nitrogens with zero attached hydrogens (tertiary/aromatic N) is 3. The normalized spacial score (nSPS) is 10.8. The van der Waals surface area contributed by atoms with Crippen LogP contribution in [0.2, 0.25) is 0 Å². The van der Waals surface area contributed by atoms with Crippen molar-refractivity contribution < 1.29 is 9.53 Å². The molecule has 2 aromatic carbocycles. The summed E-state index contributed by atoms with van der Waals surface area (Å²) < 4.78 is 7.09. The summed E-state index contributed by atoms with van der Waals surface area (Å²) in [4.78, 5) is 16.6. The van der Waals surface area contributed by atoms with Crippen LogP contribution in [0.5, 0.6) is 5.75 Å². The molecular weight excluding hydrogens is 392 g/mol. The van der Waals surface area contributed by atoms with Crippen LogP contribution in [0.15, 0.2) is 60.8 Å². The number of hydrogen-bond acceptors (Lipinski definition) is 6. The van der Waals surface area contributed by atoms with Gasteiger partial charge in [0.15, 0.2) is 5.65 Å². The molecule has 0 fully saturated rings. The lowest BCUT2D eigenvalue weighted by Gasteiger charge is -2.09. The molecule has 4 rings (SSSR count). The van der Waals surface area contributed by atoms with Crippen LogP contribution in [0, 0.1) is 0 Å². The highest BCUT2D eigenvalue weighted by molar-refractivity contribution is 5.97. The van der Waals surface area contributed by atoms with Crippen LogP contribution in [-0.2, 0) is 6.42 Å². The van der Waals surface area contributed by atoms with Crippen LogP contribution < -0.4 is 21.1 Å². The first kappa shape index (κ1) is 20.4. The monoisotopic (exact) mass is 416 g/mol. The zero-order chi connectivity index (χ0) is 21.8. The molecule has 1 amide bonds. The molecule has 2 heterocycles. The number of carbonyl (C=O) groups is 1. The van der Waals surface area contributed by atoms with Crippen LogP contribution >= 0.6 is 0 Å². The molecule has 4 N–H and O–H groups in total. The maximum absolute atomic E-state index is 12.0. The number of methoxy groups -OCH3 is 1. The van der Waals surface area contributed by atoms with Gasteiger partial charge in [-0.15, -0.1) is 5.10 Å². The van der Waals surface area contributed by atoms with E-state index in [-0.39, 0.29) is 5.91 Å². The van der Waals surface area contributed by atoms with Crippen molar-refractivity contribution in [2.75, 3.05) is 26.0 Å². The fraction of sp³-hybridized carbons (Fsp3) is 0.174. The molecule has 0 atom stereocenters. The van der Waals surface area contributed by atoms with E-state index in [0.29, 0.717) is 29.5 Å². The zero-order valence-electron chi connectivity index (χ0n) is 17.4. The molecule has 0 saturated carbocycles. The molecule has 0 aliphatic carbocycles. The van der Waals surface area contributed by atoms with E-state index in [1.807, 2.05) is 18.3 Å². The van der Waals surface area contributed by atoms with Crippen molar-refractivity contribution in [3.05, 3.63) is 71.9 Å². The summed E-state index contributed by atoms with van der Waals surface area (Å²) in [5.74, 6) is 0.699. The quantitative estimate of drug-likeness (QED) is 0.428. The molecule has 0 aliphatic rings. The second-order valence-corrected chi connectivity index (χ2v) is 6.98. The highest BCUT2D eigenvalue weighted by atomic mass is 16.5. The number of nitrogens with two attached hydrogens (primary N) is 1. The van der Waals surface area contributed by atoms with E-state index >= 15 is 0 Å². The Morgan fingerprint density at radius 1 is 1.16 bits per heavy atom. The van der Waals surface area contributed by atoms with Crippen LogP contribution in [-0.4, -0.2) is 41.2 Å². The Hall–Kier alpha value is -3.91. The summed E-state index contributed by atoms with van der Waals surface area (Å²) >= 11 is 0. The van der Waals surface area contributed by atoms with Gasteiger partial charge in [0, 0.05) is 30.6 Å². The number of benzene rings is 2. The molecule has 0 unspecified atom stereocenters. The zero-order valence-corrected chi connectivity index (χ0v) is 17.4. The number of pyridine rings is 1. The van der Waals surface area contributed by atoms with Gasteiger partial charge in [0.2, 0.25) is 5.95 Å². The molecule has 0 bridgehead atoms. The van der Waals surface area contributed by atoms with E-state index in [1.165, 1.54) is 12.7 Å². The molecule has 0 aliphatic heterocycles. The molecule has 0 radical (unpaired) electrons. The summed E-state index contributed by atoms with van der Waals surface area (Å²) in [5, 5.41) is 10.3. The maximum Gasteiger partial charge on any atom is 0.254 e. The van der Waals surface area contributed by atoms with Crippen molar-refractivity contribution in [2.24, 2.45) is 5.73 Å². The molecule has 8 heteroatoms. The lowest BCUT2D eigenvalue weighted by Crippen LogP contribution is -2.18. The third kappa shape index (κ3) is 4.19. The Kier molecular flexibility index (Phi) is 5.81. The van der Waals surface area contributed by atoms with Crippen molar-refractivity contribution in [1.82, 2.24) is 19.9 Å². The van der Waals surface area contributed by atoms with Crippen LogP contribution in [0.25, 0.3) is 16.8 Å². The predicted molar refractivity (Wildman–Crippen MR) is 121 cm³/mol. The number of rotatable bonds is 7. The number of fused-ring (bicyclic) bond motifs is 1. The van der Waals surface area contributed by atoms with E-state index in [9.17, 15) is 4.79 Å². The minimum Gasteiger partial charge on any atom is -0.496 e. The molecule has 0 spiro atoms. The molecule has 2 aromatic heterocycles. The molecule has 8 nitrogen and oxygen atoms in total. The first-order valence-corrected chi connectivity index (χ1v) is 9.95. The Morgan fingerprint density at radius 2 is 1.97 bits per heavy atom.